The highest BCUT2D eigenvalue weighted by Crippen LogP contribution is 2.12. The largest absolute Gasteiger partial charge is 0.440 e. The Morgan fingerprint density at radius 1 is 1.67 bits per heavy atom. The molecule has 15 heavy (non-hydrogen) atoms. The molecule has 3 N–H and O–H groups in total. The maximum Gasteiger partial charge on any atom is 0.287 e. The summed E-state index contributed by atoms with van der Waals surface area (Å²) in [7, 11) is 0. The van der Waals surface area contributed by atoms with E-state index < -0.39 is 18.1 Å². The molecular formula is C9H12ClNO4. The lowest BCUT2D eigenvalue weighted by molar-refractivity contribution is 0.00300. The molecule has 1 aromatic rings. The molecule has 0 aliphatic carbocycles. The summed E-state index contributed by atoms with van der Waals surface area (Å²) in [6, 6.07) is 2.87. The molecule has 0 saturated carbocycles. The van der Waals surface area contributed by atoms with Crippen molar-refractivity contribution in [3.63, 3.8) is 0 Å². The molecule has 0 saturated heterocycles. The highest BCUT2D eigenvalue weighted by Gasteiger charge is 2.21. The van der Waals surface area contributed by atoms with E-state index in [1.54, 1.807) is 0 Å². The predicted octanol–water partition coefficient (Wildman–Crippen LogP) is 0.406. The third-order valence-electron chi connectivity index (χ3n) is 1.77. The molecule has 1 amide bonds. The highest BCUT2D eigenvalue weighted by molar-refractivity contribution is 6.29. The molecule has 5 nitrogen and oxygen atoms in total. The number of amides is 1. The van der Waals surface area contributed by atoms with Crippen LogP contribution in [0.1, 0.15) is 17.5 Å². The lowest BCUT2D eigenvalue weighted by Crippen LogP contribution is -2.43. The monoisotopic (exact) mass is 233 g/mol. The molecule has 0 fully saturated rings. The lowest BCUT2D eigenvalue weighted by Gasteiger charge is -2.19. The molecule has 1 unspecified atom stereocenters. The number of halogens is 1. The van der Waals surface area contributed by atoms with Crippen LogP contribution in [0.25, 0.3) is 0 Å². The van der Waals surface area contributed by atoms with Crippen molar-refractivity contribution in [2.24, 2.45) is 0 Å². The number of furan rings is 1. The average Bonchev–Trinajstić information content (AvgIpc) is 2.61. The molecular weight excluding hydrogens is 222 g/mol. The van der Waals surface area contributed by atoms with Gasteiger partial charge in [-0.1, -0.05) is 0 Å². The molecule has 0 aromatic carbocycles. The van der Waals surface area contributed by atoms with Crippen molar-refractivity contribution in [1.29, 1.82) is 0 Å². The van der Waals surface area contributed by atoms with E-state index in [9.17, 15) is 9.90 Å². The first-order chi connectivity index (χ1) is 6.94. The topological polar surface area (TPSA) is 82.7 Å². The summed E-state index contributed by atoms with van der Waals surface area (Å²) >= 11 is 5.49. The van der Waals surface area contributed by atoms with Crippen molar-refractivity contribution >= 4 is 17.5 Å². The van der Waals surface area contributed by atoms with Gasteiger partial charge in [0.05, 0.1) is 6.61 Å². The molecule has 0 aliphatic heterocycles. The second-order valence-electron chi connectivity index (χ2n) is 3.44. The number of rotatable bonds is 4. The summed E-state index contributed by atoms with van der Waals surface area (Å²) in [6.45, 7) is 0.898. The Labute approximate surface area is 91.7 Å². The highest BCUT2D eigenvalue weighted by atomic mass is 35.5. The Morgan fingerprint density at radius 2 is 2.33 bits per heavy atom. The summed E-state index contributed by atoms with van der Waals surface area (Å²) in [5, 5.41) is 20.7. The van der Waals surface area contributed by atoms with Crippen LogP contribution in [0.15, 0.2) is 16.5 Å². The van der Waals surface area contributed by atoms with E-state index in [1.165, 1.54) is 19.1 Å². The number of hydrogen-bond donors (Lipinski definition) is 3. The van der Waals surface area contributed by atoms with E-state index in [2.05, 4.69) is 5.32 Å². The average molecular weight is 234 g/mol. The molecule has 0 bridgehead atoms. The van der Waals surface area contributed by atoms with E-state index in [0.29, 0.717) is 0 Å². The van der Waals surface area contributed by atoms with Gasteiger partial charge in [0.2, 0.25) is 0 Å². The molecule has 6 heteroatoms. The number of aliphatic hydroxyl groups is 2. The zero-order valence-electron chi connectivity index (χ0n) is 8.16. The Hall–Kier alpha value is -1.04. The maximum absolute atomic E-state index is 11.4. The summed E-state index contributed by atoms with van der Waals surface area (Å²) in [4.78, 5) is 11.4. The number of carbonyl (C=O) groups excluding carboxylic acids is 1. The molecule has 1 atom stereocenters. The predicted molar refractivity (Wildman–Crippen MR) is 53.8 cm³/mol. The standard InChI is InChI=1S/C9H12ClNO4/c1-9(14,5-12)4-11-8(13)6-2-3-7(10)15-6/h2-3,12,14H,4-5H2,1H3,(H,11,13). The van der Waals surface area contributed by atoms with Crippen LogP contribution in [0, 0.1) is 0 Å². The van der Waals surface area contributed by atoms with Gasteiger partial charge in [-0.2, -0.15) is 0 Å². The Morgan fingerprint density at radius 3 is 2.80 bits per heavy atom. The Balaban J connectivity index is 2.50. The minimum absolute atomic E-state index is 0.0636. The van der Waals surface area contributed by atoms with Crippen molar-refractivity contribution in [3.05, 3.63) is 23.1 Å². The molecule has 0 spiro atoms. The Kier molecular flexibility index (Phi) is 3.73. The SMILES string of the molecule is CC(O)(CO)CNC(=O)c1ccc(Cl)o1. The van der Waals surface area contributed by atoms with Crippen LogP contribution in [0.2, 0.25) is 5.22 Å². The van der Waals surface area contributed by atoms with Crippen LogP contribution in [0.3, 0.4) is 0 Å². The third-order valence-corrected chi connectivity index (χ3v) is 1.97. The molecule has 0 radical (unpaired) electrons. The number of aliphatic hydroxyl groups excluding tert-OH is 1. The van der Waals surface area contributed by atoms with Gasteiger partial charge in [-0.25, -0.2) is 0 Å². The zero-order valence-corrected chi connectivity index (χ0v) is 8.91. The number of hydrogen-bond acceptors (Lipinski definition) is 4. The van der Waals surface area contributed by atoms with Crippen molar-refractivity contribution in [2.45, 2.75) is 12.5 Å². The van der Waals surface area contributed by atoms with E-state index in [4.69, 9.17) is 21.1 Å². The first-order valence-electron chi connectivity index (χ1n) is 4.31. The van der Waals surface area contributed by atoms with E-state index in [-0.39, 0.29) is 17.5 Å². The first kappa shape index (κ1) is 12.0. The fourth-order valence-electron chi connectivity index (χ4n) is 0.850. The van der Waals surface area contributed by atoms with E-state index >= 15 is 0 Å². The van der Waals surface area contributed by atoms with Gasteiger partial charge in [-0.3, -0.25) is 4.79 Å². The number of carbonyl (C=O) groups is 1. The Bertz CT molecular complexity index is 348. The molecule has 0 aliphatic rings. The normalized spacial score (nSPS) is 14.7. The van der Waals surface area contributed by atoms with Crippen LogP contribution < -0.4 is 5.32 Å². The summed E-state index contributed by atoms with van der Waals surface area (Å²) < 4.78 is 4.85. The van der Waals surface area contributed by atoms with Gasteiger partial charge < -0.3 is 19.9 Å². The summed E-state index contributed by atoms with van der Waals surface area (Å²) in [5.41, 5.74) is -1.34. The third kappa shape index (κ3) is 3.54. The van der Waals surface area contributed by atoms with Crippen molar-refractivity contribution in [2.75, 3.05) is 13.2 Å². The van der Waals surface area contributed by atoms with Gasteiger partial charge in [0, 0.05) is 6.54 Å². The second kappa shape index (κ2) is 4.65. The number of nitrogens with one attached hydrogen (secondary N) is 1. The second-order valence-corrected chi connectivity index (χ2v) is 3.81. The molecule has 1 aromatic heterocycles. The van der Waals surface area contributed by atoms with Gasteiger partial charge in [-0.15, -0.1) is 0 Å². The van der Waals surface area contributed by atoms with Gasteiger partial charge in [0.1, 0.15) is 5.60 Å². The lowest BCUT2D eigenvalue weighted by atomic mass is 10.1. The zero-order chi connectivity index (χ0) is 11.5. The van der Waals surface area contributed by atoms with Crippen LogP contribution in [0.5, 0.6) is 0 Å². The van der Waals surface area contributed by atoms with Gasteiger partial charge in [0.25, 0.3) is 5.91 Å². The van der Waals surface area contributed by atoms with Crippen LogP contribution in [0.4, 0.5) is 0 Å². The smallest absolute Gasteiger partial charge is 0.287 e. The minimum atomic E-state index is -1.34. The van der Waals surface area contributed by atoms with E-state index in [0.717, 1.165) is 0 Å². The maximum atomic E-state index is 11.4. The van der Waals surface area contributed by atoms with E-state index in [1.807, 2.05) is 0 Å². The van der Waals surface area contributed by atoms with Crippen molar-refractivity contribution in [3.8, 4) is 0 Å². The van der Waals surface area contributed by atoms with Crippen LogP contribution in [-0.2, 0) is 0 Å². The molecule has 1 rings (SSSR count). The quantitative estimate of drug-likeness (QED) is 0.703. The molecule has 1 heterocycles. The van der Waals surface area contributed by atoms with Crippen LogP contribution in [-0.4, -0.2) is 34.9 Å². The fraction of sp³-hybridized carbons (Fsp3) is 0.444. The summed E-state index contributed by atoms with van der Waals surface area (Å²) in [6.07, 6.45) is 0. The fourth-order valence-corrected chi connectivity index (χ4v) is 0.996. The molecule has 84 valence electrons. The first-order valence-corrected chi connectivity index (χ1v) is 4.69. The van der Waals surface area contributed by atoms with Gasteiger partial charge in [0.15, 0.2) is 11.0 Å². The minimum Gasteiger partial charge on any atom is -0.440 e. The van der Waals surface area contributed by atoms with Crippen molar-refractivity contribution in [1.82, 2.24) is 5.32 Å². The summed E-state index contributed by atoms with van der Waals surface area (Å²) in [5.74, 6) is -0.427. The van der Waals surface area contributed by atoms with Crippen LogP contribution >= 0.6 is 11.6 Å². The van der Waals surface area contributed by atoms with Gasteiger partial charge in [-0.05, 0) is 30.7 Å². The van der Waals surface area contributed by atoms with Gasteiger partial charge >= 0.3 is 0 Å². The van der Waals surface area contributed by atoms with Crippen molar-refractivity contribution < 1.29 is 19.4 Å².